The average Bonchev–Trinajstić information content (AvgIpc) is 2.18. The highest BCUT2D eigenvalue weighted by Gasteiger charge is 2.16. The Morgan fingerprint density at radius 2 is 2.44 bits per heavy atom. The van der Waals surface area contributed by atoms with Crippen LogP contribution < -0.4 is 5.73 Å². The number of nitrogens with zero attached hydrogens (tertiary/aromatic N) is 1. The van der Waals surface area contributed by atoms with Crippen LogP contribution in [0.2, 0.25) is 0 Å². The van der Waals surface area contributed by atoms with Gasteiger partial charge in [0.15, 0.2) is 0 Å². The van der Waals surface area contributed by atoms with Crippen molar-refractivity contribution < 1.29 is 0 Å². The van der Waals surface area contributed by atoms with Crippen LogP contribution in [0.1, 0.15) is 12.8 Å². The van der Waals surface area contributed by atoms with Gasteiger partial charge in [0.1, 0.15) is 0 Å². The van der Waals surface area contributed by atoms with Gasteiger partial charge >= 0.3 is 0 Å². The number of rotatable bonds is 1. The van der Waals surface area contributed by atoms with Crippen molar-refractivity contribution in [3.05, 3.63) is 12.3 Å². The Balaban J connectivity index is 2.39. The van der Waals surface area contributed by atoms with E-state index in [9.17, 15) is 0 Å². The van der Waals surface area contributed by atoms with Crippen LogP contribution in [0.3, 0.4) is 0 Å². The molecule has 0 aliphatic carbocycles. The Morgan fingerprint density at radius 1 is 1.67 bits per heavy atom. The lowest BCUT2D eigenvalue weighted by atomic mass is 10.2. The van der Waals surface area contributed by atoms with Crippen molar-refractivity contribution in [2.75, 3.05) is 13.6 Å². The van der Waals surface area contributed by atoms with Gasteiger partial charge in [-0.2, -0.15) is 0 Å². The highest BCUT2D eigenvalue weighted by atomic mass is 15.1. The summed E-state index contributed by atoms with van der Waals surface area (Å²) in [7, 11) is 2.14. The van der Waals surface area contributed by atoms with Gasteiger partial charge in [-0.15, -0.1) is 0 Å². The van der Waals surface area contributed by atoms with Crippen molar-refractivity contribution >= 4 is 0 Å². The van der Waals surface area contributed by atoms with E-state index < -0.39 is 0 Å². The number of likely N-dealkylation sites (N-methyl/N-ethyl adjacent to an activating group) is 1. The number of nitrogens with two attached hydrogens (primary N) is 1. The van der Waals surface area contributed by atoms with Crippen molar-refractivity contribution in [3.8, 4) is 0 Å². The quantitative estimate of drug-likeness (QED) is 0.556. The van der Waals surface area contributed by atoms with E-state index in [4.69, 9.17) is 5.73 Å². The monoisotopic (exact) mass is 126 g/mol. The van der Waals surface area contributed by atoms with Crippen LogP contribution in [-0.4, -0.2) is 24.5 Å². The molecule has 1 atom stereocenters. The van der Waals surface area contributed by atoms with Crippen molar-refractivity contribution in [2.24, 2.45) is 5.73 Å². The van der Waals surface area contributed by atoms with Gasteiger partial charge in [0.2, 0.25) is 0 Å². The molecule has 9 heavy (non-hydrogen) atoms. The summed E-state index contributed by atoms with van der Waals surface area (Å²) < 4.78 is 0. The van der Waals surface area contributed by atoms with Crippen molar-refractivity contribution in [1.29, 1.82) is 0 Å². The standard InChI is InChI=1S/C7H14N2/c1-9-6-2-3-7(9)4-5-8/h4-5,7H,2-3,6,8H2,1H3. The molecule has 1 aliphatic heterocycles. The van der Waals surface area contributed by atoms with Gasteiger partial charge in [0.25, 0.3) is 0 Å². The van der Waals surface area contributed by atoms with Crippen molar-refractivity contribution in [2.45, 2.75) is 18.9 Å². The van der Waals surface area contributed by atoms with Gasteiger partial charge < -0.3 is 5.73 Å². The molecule has 1 rings (SSSR count). The SMILES string of the molecule is CN1CCCC1C=CN. The molecular formula is C7H14N2. The lowest BCUT2D eigenvalue weighted by molar-refractivity contribution is 0.357. The Labute approximate surface area is 56.3 Å². The fourth-order valence-electron chi connectivity index (χ4n) is 1.31. The third-order valence-electron chi connectivity index (χ3n) is 1.91. The molecule has 1 fully saturated rings. The molecule has 0 aromatic rings. The minimum Gasteiger partial charge on any atom is -0.405 e. The first kappa shape index (κ1) is 6.62. The minimum atomic E-state index is 0.606. The maximum atomic E-state index is 5.26. The minimum absolute atomic E-state index is 0.606. The fraction of sp³-hybridized carbons (Fsp3) is 0.714. The molecule has 0 radical (unpaired) electrons. The summed E-state index contributed by atoms with van der Waals surface area (Å²) in [6.45, 7) is 1.22. The molecule has 0 aromatic heterocycles. The predicted molar refractivity (Wildman–Crippen MR) is 39.0 cm³/mol. The first-order chi connectivity index (χ1) is 4.34. The molecule has 52 valence electrons. The first-order valence-electron chi connectivity index (χ1n) is 3.43. The summed E-state index contributed by atoms with van der Waals surface area (Å²) in [4.78, 5) is 2.32. The molecule has 0 spiro atoms. The third kappa shape index (κ3) is 1.45. The van der Waals surface area contributed by atoms with Crippen LogP contribution >= 0.6 is 0 Å². The van der Waals surface area contributed by atoms with Gasteiger partial charge in [-0.3, -0.25) is 4.90 Å². The maximum absolute atomic E-state index is 5.26. The molecule has 1 aliphatic rings. The highest BCUT2D eigenvalue weighted by Crippen LogP contribution is 2.14. The van der Waals surface area contributed by atoms with E-state index in [-0.39, 0.29) is 0 Å². The van der Waals surface area contributed by atoms with Crippen LogP contribution in [0.4, 0.5) is 0 Å². The Morgan fingerprint density at radius 3 is 2.89 bits per heavy atom. The summed E-state index contributed by atoms with van der Waals surface area (Å²) in [5.41, 5.74) is 5.26. The van der Waals surface area contributed by atoms with Crippen LogP contribution in [0.25, 0.3) is 0 Å². The Bertz CT molecular complexity index is 109. The first-order valence-corrected chi connectivity index (χ1v) is 3.43. The zero-order valence-electron chi connectivity index (χ0n) is 5.88. The largest absolute Gasteiger partial charge is 0.405 e. The van der Waals surface area contributed by atoms with E-state index in [2.05, 4.69) is 18.0 Å². The smallest absolute Gasteiger partial charge is 0.0292 e. The van der Waals surface area contributed by atoms with Crippen LogP contribution in [-0.2, 0) is 0 Å². The lowest BCUT2D eigenvalue weighted by Gasteiger charge is -2.13. The number of hydrogen-bond donors (Lipinski definition) is 1. The molecule has 1 heterocycles. The second-order valence-electron chi connectivity index (χ2n) is 2.58. The molecule has 0 bridgehead atoms. The van der Waals surface area contributed by atoms with E-state index in [1.165, 1.54) is 19.4 Å². The fourth-order valence-corrected chi connectivity index (χ4v) is 1.31. The second-order valence-corrected chi connectivity index (χ2v) is 2.58. The molecule has 2 nitrogen and oxygen atoms in total. The third-order valence-corrected chi connectivity index (χ3v) is 1.91. The number of hydrogen-bond acceptors (Lipinski definition) is 2. The summed E-state index contributed by atoms with van der Waals surface area (Å²) in [6, 6.07) is 0.606. The zero-order valence-corrected chi connectivity index (χ0v) is 5.88. The summed E-state index contributed by atoms with van der Waals surface area (Å²) in [5, 5.41) is 0. The Hall–Kier alpha value is -0.500. The highest BCUT2D eigenvalue weighted by molar-refractivity contribution is 4.94. The molecule has 2 heteroatoms. The van der Waals surface area contributed by atoms with Gasteiger partial charge in [-0.05, 0) is 32.6 Å². The molecule has 1 saturated heterocycles. The lowest BCUT2D eigenvalue weighted by Crippen LogP contribution is -2.22. The molecule has 0 saturated carbocycles. The summed E-state index contributed by atoms with van der Waals surface area (Å²) in [5.74, 6) is 0. The van der Waals surface area contributed by atoms with Crippen LogP contribution in [0.15, 0.2) is 12.3 Å². The molecule has 0 aromatic carbocycles. The molecule has 2 N–H and O–H groups in total. The van der Waals surface area contributed by atoms with Gasteiger partial charge in [-0.1, -0.05) is 6.08 Å². The van der Waals surface area contributed by atoms with E-state index in [0.29, 0.717) is 6.04 Å². The molecule has 0 amide bonds. The van der Waals surface area contributed by atoms with Crippen LogP contribution in [0.5, 0.6) is 0 Å². The molecular weight excluding hydrogens is 112 g/mol. The number of likely N-dealkylation sites (tertiary alicyclic amines) is 1. The normalized spacial score (nSPS) is 30.1. The maximum Gasteiger partial charge on any atom is 0.0292 e. The topological polar surface area (TPSA) is 29.3 Å². The van der Waals surface area contributed by atoms with Gasteiger partial charge in [-0.25, -0.2) is 0 Å². The van der Waals surface area contributed by atoms with E-state index in [0.717, 1.165) is 0 Å². The van der Waals surface area contributed by atoms with E-state index in [1.807, 2.05) is 0 Å². The Kier molecular flexibility index (Phi) is 2.11. The second kappa shape index (κ2) is 2.87. The predicted octanol–water partition coefficient (Wildman–Crippen LogP) is 0.553. The summed E-state index contributed by atoms with van der Waals surface area (Å²) in [6.07, 6.45) is 6.29. The molecule has 1 unspecified atom stereocenters. The van der Waals surface area contributed by atoms with E-state index in [1.54, 1.807) is 6.20 Å². The van der Waals surface area contributed by atoms with Gasteiger partial charge in [0, 0.05) is 6.04 Å². The van der Waals surface area contributed by atoms with Crippen molar-refractivity contribution in [3.63, 3.8) is 0 Å². The van der Waals surface area contributed by atoms with E-state index >= 15 is 0 Å². The van der Waals surface area contributed by atoms with Crippen LogP contribution in [0, 0.1) is 0 Å². The van der Waals surface area contributed by atoms with Gasteiger partial charge in [0.05, 0.1) is 0 Å². The zero-order chi connectivity index (χ0) is 6.69. The van der Waals surface area contributed by atoms with Crippen molar-refractivity contribution in [1.82, 2.24) is 4.90 Å². The summed E-state index contributed by atoms with van der Waals surface area (Å²) >= 11 is 0. The average molecular weight is 126 g/mol.